The summed E-state index contributed by atoms with van der Waals surface area (Å²) in [7, 11) is 0. The summed E-state index contributed by atoms with van der Waals surface area (Å²) in [6.45, 7) is 1.59. The maximum atomic E-state index is 13.0. The van der Waals surface area contributed by atoms with Crippen molar-refractivity contribution in [1.29, 1.82) is 0 Å². The number of hydrogen-bond acceptors (Lipinski definition) is 3. The number of nitrogens with zero attached hydrogens (tertiary/aromatic N) is 2. The fourth-order valence-electron chi connectivity index (χ4n) is 2.44. The zero-order valence-corrected chi connectivity index (χ0v) is 13.1. The lowest BCUT2D eigenvalue weighted by molar-refractivity contribution is -0.137. The molecule has 0 aliphatic rings. The molecule has 0 saturated carbocycles. The minimum absolute atomic E-state index is 0.301. The highest BCUT2D eigenvalue weighted by atomic mass is 19.4. The lowest BCUT2D eigenvalue weighted by Gasteiger charge is -2.10. The monoisotopic (exact) mass is 346 g/mol. The number of aryl methyl sites for hydroxylation is 1. The van der Waals surface area contributed by atoms with Crippen LogP contribution >= 0.6 is 0 Å². The van der Waals surface area contributed by atoms with Gasteiger partial charge in [0.2, 0.25) is 5.91 Å². The molecule has 3 rings (SSSR count). The standard InChI is InChI=1S/C17H13F3N4O/c1-9-4-11(6-12(5-9)17(18,19)20)13-8-23-16-15(24-13)10(7-22-16)2-3-14(21)25/h2-8H,1H3,(H2,21,25)(H,22,23)/b3-2+. The normalized spacial score (nSPS) is 12.2. The lowest BCUT2D eigenvalue weighted by atomic mass is 10.0. The second kappa shape index (κ2) is 6.04. The second-order valence-electron chi connectivity index (χ2n) is 5.52. The van der Waals surface area contributed by atoms with Gasteiger partial charge in [0.15, 0.2) is 5.65 Å². The van der Waals surface area contributed by atoms with Crippen molar-refractivity contribution < 1.29 is 18.0 Å². The van der Waals surface area contributed by atoms with E-state index in [0.29, 0.717) is 33.5 Å². The third-order valence-electron chi connectivity index (χ3n) is 3.54. The van der Waals surface area contributed by atoms with Gasteiger partial charge >= 0.3 is 6.18 Å². The van der Waals surface area contributed by atoms with Crippen molar-refractivity contribution >= 4 is 23.1 Å². The Hall–Kier alpha value is -3.16. The third kappa shape index (κ3) is 3.52. The molecular weight excluding hydrogens is 333 g/mol. The molecule has 0 bridgehead atoms. The number of carbonyl (C=O) groups excluding carboxylic acids is 1. The van der Waals surface area contributed by atoms with Gasteiger partial charge in [0.25, 0.3) is 0 Å². The molecule has 2 heterocycles. The molecule has 0 radical (unpaired) electrons. The highest BCUT2D eigenvalue weighted by Crippen LogP contribution is 2.33. The van der Waals surface area contributed by atoms with Crippen LogP contribution in [0.4, 0.5) is 13.2 Å². The summed E-state index contributed by atoms with van der Waals surface area (Å²) in [5.74, 6) is -0.619. The third-order valence-corrected chi connectivity index (χ3v) is 3.54. The van der Waals surface area contributed by atoms with Gasteiger partial charge in [0, 0.05) is 23.4 Å². The van der Waals surface area contributed by atoms with Gasteiger partial charge in [-0.3, -0.25) is 4.79 Å². The molecule has 1 aromatic carbocycles. The topological polar surface area (TPSA) is 84.7 Å². The Morgan fingerprint density at radius 1 is 1.28 bits per heavy atom. The molecule has 0 aliphatic carbocycles. The fraction of sp³-hybridized carbons (Fsp3) is 0.118. The maximum absolute atomic E-state index is 13.0. The van der Waals surface area contributed by atoms with Crippen molar-refractivity contribution in [2.75, 3.05) is 0 Å². The number of primary amides is 1. The number of fused-ring (bicyclic) bond motifs is 1. The van der Waals surface area contributed by atoms with Crippen LogP contribution in [-0.2, 0) is 11.0 Å². The Bertz CT molecular complexity index is 989. The Morgan fingerprint density at radius 3 is 2.72 bits per heavy atom. The number of aromatic nitrogens is 3. The fourth-order valence-corrected chi connectivity index (χ4v) is 2.44. The molecule has 0 unspecified atom stereocenters. The van der Waals surface area contributed by atoms with E-state index in [-0.39, 0.29) is 0 Å². The molecule has 0 spiro atoms. The SMILES string of the molecule is Cc1cc(-c2cnc3[nH]cc(/C=C/C(N)=O)c3n2)cc(C(F)(F)F)c1. The predicted molar refractivity (Wildman–Crippen MR) is 87.3 cm³/mol. The average molecular weight is 346 g/mol. The Morgan fingerprint density at radius 2 is 2.04 bits per heavy atom. The first-order chi connectivity index (χ1) is 11.7. The molecule has 0 atom stereocenters. The number of aromatic amines is 1. The van der Waals surface area contributed by atoms with Crippen molar-refractivity contribution in [3.63, 3.8) is 0 Å². The number of halogens is 3. The number of H-pyrrole nitrogens is 1. The lowest BCUT2D eigenvalue weighted by Crippen LogP contribution is -2.05. The summed E-state index contributed by atoms with van der Waals surface area (Å²) in [5, 5.41) is 0. The van der Waals surface area contributed by atoms with Crippen LogP contribution in [0.15, 0.2) is 36.7 Å². The van der Waals surface area contributed by atoms with Crippen molar-refractivity contribution in [2.24, 2.45) is 5.73 Å². The minimum Gasteiger partial charge on any atom is -0.366 e. The molecule has 3 N–H and O–H groups in total. The largest absolute Gasteiger partial charge is 0.416 e. The molecule has 0 saturated heterocycles. The van der Waals surface area contributed by atoms with Gasteiger partial charge in [0.05, 0.1) is 17.5 Å². The summed E-state index contributed by atoms with van der Waals surface area (Å²) in [4.78, 5) is 22.3. The van der Waals surface area contributed by atoms with Gasteiger partial charge in [0.1, 0.15) is 5.52 Å². The summed E-state index contributed by atoms with van der Waals surface area (Å²) >= 11 is 0. The number of hydrogen-bond donors (Lipinski definition) is 2. The van der Waals surface area contributed by atoms with Crippen LogP contribution in [0.1, 0.15) is 16.7 Å². The van der Waals surface area contributed by atoms with Crippen LogP contribution in [-0.4, -0.2) is 20.9 Å². The van der Waals surface area contributed by atoms with Crippen molar-refractivity contribution in [2.45, 2.75) is 13.1 Å². The molecule has 1 amide bonds. The van der Waals surface area contributed by atoms with E-state index in [1.165, 1.54) is 18.3 Å². The number of amides is 1. The van der Waals surface area contributed by atoms with Gasteiger partial charge in [-0.2, -0.15) is 13.2 Å². The number of carbonyl (C=O) groups is 1. The van der Waals surface area contributed by atoms with E-state index in [4.69, 9.17) is 5.73 Å². The Kier molecular flexibility index (Phi) is 4.03. The van der Waals surface area contributed by atoms with Crippen molar-refractivity contribution in [3.05, 3.63) is 53.4 Å². The summed E-state index contributed by atoms with van der Waals surface area (Å²) in [6.07, 6.45) is 1.19. The maximum Gasteiger partial charge on any atom is 0.416 e. The van der Waals surface area contributed by atoms with E-state index in [1.807, 2.05) is 0 Å². The van der Waals surface area contributed by atoms with Crippen molar-refractivity contribution in [1.82, 2.24) is 15.0 Å². The van der Waals surface area contributed by atoms with E-state index in [0.717, 1.165) is 12.1 Å². The molecule has 0 aliphatic heterocycles. The van der Waals surface area contributed by atoms with Crippen LogP contribution in [0.2, 0.25) is 0 Å². The smallest absolute Gasteiger partial charge is 0.366 e. The summed E-state index contributed by atoms with van der Waals surface area (Å²) in [5.41, 5.74) is 6.86. The first kappa shape index (κ1) is 16.7. The molecule has 0 fully saturated rings. The first-order valence-corrected chi connectivity index (χ1v) is 7.25. The number of rotatable bonds is 3. The highest BCUT2D eigenvalue weighted by molar-refractivity contribution is 5.93. The van der Waals surface area contributed by atoms with Gasteiger partial charge in [-0.15, -0.1) is 0 Å². The Labute approximate surface area is 140 Å². The zero-order chi connectivity index (χ0) is 18.2. The van der Waals surface area contributed by atoms with Crippen LogP contribution in [0, 0.1) is 6.92 Å². The quantitative estimate of drug-likeness (QED) is 0.712. The second-order valence-corrected chi connectivity index (χ2v) is 5.52. The van der Waals surface area contributed by atoms with Gasteiger partial charge < -0.3 is 10.7 Å². The first-order valence-electron chi connectivity index (χ1n) is 7.25. The number of alkyl halides is 3. The van der Waals surface area contributed by atoms with Crippen LogP contribution in [0.5, 0.6) is 0 Å². The van der Waals surface area contributed by atoms with E-state index in [9.17, 15) is 18.0 Å². The number of nitrogens with one attached hydrogen (secondary N) is 1. The van der Waals surface area contributed by atoms with Crippen molar-refractivity contribution in [3.8, 4) is 11.3 Å². The van der Waals surface area contributed by atoms with Crippen LogP contribution in [0.3, 0.4) is 0 Å². The zero-order valence-electron chi connectivity index (χ0n) is 13.1. The molecule has 25 heavy (non-hydrogen) atoms. The van der Waals surface area contributed by atoms with Gasteiger partial charge in [-0.25, -0.2) is 9.97 Å². The Balaban J connectivity index is 2.12. The van der Waals surface area contributed by atoms with E-state index in [1.54, 1.807) is 19.2 Å². The molecule has 2 aromatic heterocycles. The van der Waals surface area contributed by atoms with E-state index >= 15 is 0 Å². The molecule has 128 valence electrons. The average Bonchev–Trinajstić information content (AvgIpc) is 2.93. The molecule has 3 aromatic rings. The molecule has 5 nitrogen and oxygen atoms in total. The predicted octanol–water partition coefficient (Wildman–Crippen LogP) is 3.45. The van der Waals surface area contributed by atoms with E-state index < -0.39 is 17.6 Å². The summed E-state index contributed by atoms with van der Waals surface area (Å²) in [6, 6.07) is 3.72. The number of benzene rings is 1. The highest BCUT2D eigenvalue weighted by Gasteiger charge is 2.31. The van der Waals surface area contributed by atoms with Crippen LogP contribution < -0.4 is 5.73 Å². The molecule has 8 heteroatoms. The number of nitrogens with two attached hydrogens (primary N) is 1. The van der Waals surface area contributed by atoms with Gasteiger partial charge in [-0.1, -0.05) is 0 Å². The van der Waals surface area contributed by atoms with Crippen LogP contribution in [0.25, 0.3) is 28.5 Å². The summed E-state index contributed by atoms with van der Waals surface area (Å²) < 4.78 is 39.0. The van der Waals surface area contributed by atoms with E-state index in [2.05, 4.69) is 15.0 Å². The van der Waals surface area contributed by atoms with Gasteiger partial charge in [-0.05, 0) is 36.8 Å². The minimum atomic E-state index is -4.44. The molecular formula is C17H13F3N4O.